The quantitative estimate of drug-likeness (QED) is 0.196. The lowest BCUT2D eigenvalue weighted by Gasteiger charge is -2.33. The van der Waals surface area contributed by atoms with Crippen LogP contribution in [-0.2, 0) is 28.2 Å². The third-order valence-corrected chi connectivity index (χ3v) is 9.24. The van der Waals surface area contributed by atoms with Gasteiger partial charge in [0.1, 0.15) is 0 Å². The van der Waals surface area contributed by atoms with E-state index in [1.807, 2.05) is 6.92 Å². The Morgan fingerprint density at radius 3 is 2.58 bits per heavy atom. The number of hydrogen-bond acceptors (Lipinski definition) is 6. The van der Waals surface area contributed by atoms with Crippen molar-refractivity contribution < 1.29 is 28.2 Å². The fourth-order valence-corrected chi connectivity index (χ4v) is 7.90. The van der Waals surface area contributed by atoms with E-state index in [1.165, 1.54) is 7.11 Å². The van der Waals surface area contributed by atoms with Gasteiger partial charge in [0.05, 0.1) is 19.3 Å². The second-order valence-corrected chi connectivity index (χ2v) is 14.6. The summed E-state index contributed by atoms with van der Waals surface area (Å²) < 4.78 is 30.3. The Labute approximate surface area is 202 Å². The Bertz CT molecular complexity index is 628. The highest BCUT2D eigenvalue weighted by Gasteiger charge is 2.46. The molecule has 1 saturated carbocycles. The molecule has 0 N–H and O–H groups in total. The molecule has 1 unspecified atom stereocenters. The fraction of sp³-hybridized carbons (Fsp3) is 0.808. The maximum Gasteiger partial charge on any atom is 0.335 e. The maximum atomic E-state index is 12.3. The van der Waals surface area contributed by atoms with E-state index in [-0.39, 0.29) is 36.3 Å². The second kappa shape index (κ2) is 13.8. The standard InChI is InChI=1S/C26H46O6Si/c1-8-12-20-21(17-30-33(6,7)18-19(3)4)24(32-25-14-10-11-15-29-25)16-23(20)31-22(13-9-2)26(27)28-5/h8-9,12,19-25H,2,10-11,13-18H2,1,3-7H3/t20-,21-,22+,23+,24-,25?/m1/s1. The fourth-order valence-electron chi connectivity index (χ4n) is 5.17. The van der Waals surface area contributed by atoms with E-state index >= 15 is 0 Å². The summed E-state index contributed by atoms with van der Waals surface area (Å²) in [4.78, 5) is 12.3. The third kappa shape index (κ3) is 8.94. The predicted octanol–water partition coefficient (Wildman–Crippen LogP) is 5.49. The molecule has 6 nitrogen and oxygen atoms in total. The molecule has 6 atom stereocenters. The lowest BCUT2D eigenvalue weighted by atomic mass is 9.93. The molecule has 0 amide bonds. The SMILES string of the molecule is C=CC[C@H](O[C@H]1C[C@@H](OC2CCCCO2)[C@H](CO[Si](C)(C)CC(C)C)[C@H]1C=CC)C(=O)OC. The summed E-state index contributed by atoms with van der Waals surface area (Å²) in [7, 11) is -0.405. The number of rotatable bonds is 13. The van der Waals surface area contributed by atoms with Gasteiger partial charge < -0.3 is 23.4 Å². The van der Waals surface area contributed by atoms with Crippen LogP contribution in [0.15, 0.2) is 24.8 Å². The normalized spacial score (nSPS) is 29.5. The van der Waals surface area contributed by atoms with Crippen LogP contribution >= 0.6 is 0 Å². The van der Waals surface area contributed by atoms with Gasteiger partial charge in [-0.2, -0.15) is 0 Å². The van der Waals surface area contributed by atoms with Crippen molar-refractivity contribution in [2.24, 2.45) is 17.8 Å². The second-order valence-electron chi connectivity index (χ2n) is 10.4. The van der Waals surface area contributed by atoms with Crippen molar-refractivity contribution >= 4 is 14.3 Å². The molecule has 33 heavy (non-hydrogen) atoms. The smallest absolute Gasteiger partial charge is 0.335 e. The van der Waals surface area contributed by atoms with Gasteiger partial charge in [0, 0.05) is 37.9 Å². The topological polar surface area (TPSA) is 63.2 Å². The third-order valence-electron chi connectivity index (χ3n) is 6.50. The van der Waals surface area contributed by atoms with Gasteiger partial charge in [-0.25, -0.2) is 4.79 Å². The predicted molar refractivity (Wildman–Crippen MR) is 133 cm³/mol. The van der Waals surface area contributed by atoms with E-state index in [9.17, 15) is 4.79 Å². The van der Waals surface area contributed by atoms with Crippen LogP contribution in [0.4, 0.5) is 0 Å². The van der Waals surface area contributed by atoms with Crippen molar-refractivity contribution in [2.45, 2.75) is 96.6 Å². The van der Waals surface area contributed by atoms with Crippen molar-refractivity contribution in [3.05, 3.63) is 24.8 Å². The van der Waals surface area contributed by atoms with Crippen molar-refractivity contribution in [1.29, 1.82) is 0 Å². The lowest BCUT2D eigenvalue weighted by molar-refractivity contribution is -0.198. The molecule has 7 heteroatoms. The minimum absolute atomic E-state index is 0.0508. The number of hydrogen-bond donors (Lipinski definition) is 0. The molecular weight excluding hydrogens is 436 g/mol. The molecule has 0 spiro atoms. The van der Waals surface area contributed by atoms with Gasteiger partial charge in [0.2, 0.25) is 0 Å². The number of carbonyl (C=O) groups is 1. The summed E-state index contributed by atoms with van der Waals surface area (Å²) in [6.45, 7) is 16.2. The van der Waals surface area contributed by atoms with Crippen LogP contribution in [-0.4, -0.2) is 59.2 Å². The molecule has 1 heterocycles. The average molecular weight is 483 g/mol. The highest BCUT2D eigenvalue weighted by Crippen LogP contribution is 2.40. The summed E-state index contributed by atoms with van der Waals surface area (Å²) in [6, 6.07) is 1.12. The Kier molecular flexibility index (Phi) is 11.8. The number of ether oxygens (including phenoxy) is 4. The molecule has 1 aliphatic heterocycles. The average Bonchev–Trinajstić information content (AvgIpc) is 3.07. The minimum atomic E-state index is -1.80. The number of esters is 1. The van der Waals surface area contributed by atoms with Gasteiger partial charge in [0.25, 0.3) is 0 Å². The van der Waals surface area contributed by atoms with Gasteiger partial charge in [-0.1, -0.05) is 32.1 Å². The summed E-state index contributed by atoms with van der Waals surface area (Å²) in [5.41, 5.74) is 0. The molecule has 0 bridgehead atoms. The molecule has 1 saturated heterocycles. The van der Waals surface area contributed by atoms with E-state index in [4.69, 9.17) is 23.4 Å². The van der Waals surface area contributed by atoms with Crippen molar-refractivity contribution in [3.63, 3.8) is 0 Å². The number of carbonyl (C=O) groups excluding carboxylic acids is 1. The number of allylic oxidation sites excluding steroid dienone is 1. The first-order valence-electron chi connectivity index (χ1n) is 12.6. The Balaban J connectivity index is 2.22. The molecule has 2 fully saturated rings. The zero-order valence-electron chi connectivity index (χ0n) is 21.6. The van der Waals surface area contributed by atoms with Crippen LogP contribution in [0.25, 0.3) is 0 Å². The molecule has 0 aromatic rings. The minimum Gasteiger partial charge on any atom is -0.467 e. The highest BCUT2D eigenvalue weighted by atomic mass is 28.4. The van der Waals surface area contributed by atoms with E-state index < -0.39 is 14.4 Å². The molecule has 2 aliphatic rings. The molecule has 0 radical (unpaired) electrons. The van der Waals surface area contributed by atoms with E-state index in [0.29, 0.717) is 25.4 Å². The molecular formula is C26H46O6Si. The summed E-state index contributed by atoms with van der Waals surface area (Å²) in [6.07, 6.45) is 9.12. The van der Waals surface area contributed by atoms with Crippen LogP contribution < -0.4 is 0 Å². The van der Waals surface area contributed by atoms with Gasteiger partial charge in [0.15, 0.2) is 20.7 Å². The molecule has 0 aromatic heterocycles. The van der Waals surface area contributed by atoms with Crippen molar-refractivity contribution in [3.8, 4) is 0 Å². The summed E-state index contributed by atoms with van der Waals surface area (Å²) in [5, 5.41) is 0. The number of methoxy groups -OCH3 is 1. The first-order valence-corrected chi connectivity index (χ1v) is 15.7. The Hall–Kier alpha value is -0.993. The van der Waals surface area contributed by atoms with Crippen molar-refractivity contribution in [1.82, 2.24) is 0 Å². The van der Waals surface area contributed by atoms with Gasteiger partial charge in [-0.15, -0.1) is 6.58 Å². The largest absolute Gasteiger partial charge is 0.467 e. The van der Waals surface area contributed by atoms with Crippen LogP contribution in [0.5, 0.6) is 0 Å². The van der Waals surface area contributed by atoms with Crippen molar-refractivity contribution in [2.75, 3.05) is 20.3 Å². The molecule has 1 aliphatic carbocycles. The van der Waals surface area contributed by atoms with Gasteiger partial charge in [-0.05, 0) is 51.2 Å². The van der Waals surface area contributed by atoms with E-state index in [0.717, 1.165) is 31.9 Å². The van der Waals surface area contributed by atoms with E-state index in [1.54, 1.807) is 6.08 Å². The summed E-state index contributed by atoms with van der Waals surface area (Å²) >= 11 is 0. The highest BCUT2D eigenvalue weighted by molar-refractivity contribution is 6.71. The maximum absolute atomic E-state index is 12.3. The van der Waals surface area contributed by atoms with Crippen LogP contribution in [0.1, 0.15) is 52.9 Å². The molecule has 2 rings (SSSR count). The van der Waals surface area contributed by atoms with Crippen LogP contribution in [0, 0.1) is 17.8 Å². The Morgan fingerprint density at radius 2 is 2.00 bits per heavy atom. The summed E-state index contributed by atoms with van der Waals surface area (Å²) in [5.74, 6) is 0.467. The first kappa shape index (κ1) is 28.2. The van der Waals surface area contributed by atoms with Crippen LogP contribution in [0.3, 0.4) is 0 Å². The zero-order chi connectivity index (χ0) is 24.4. The van der Waals surface area contributed by atoms with Crippen LogP contribution in [0.2, 0.25) is 19.1 Å². The first-order chi connectivity index (χ1) is 15.7. The van der Waals surface area contributed by atoms with Gasteiger partial charge >= 0.3 is 5.97 Å². The monoisotopic (exact) mass is 482 g/mol. The zero-order valence-corrected chi connectivity index (χ0v) is 22.6. The molecule has 190 valence electrons. The lowest BCUT2D eigenvalue weighted by Crippen LogP contribution is -2.39. The Morgan fingerprint density at radius 1 is 1.24 bits per heavy atom. The van der Waals surface area contributed by atoms with E-state index in [2.05, 4.69) is 45.7 Å². The van der Waals surface area contributed by atoms with Gasteiger partial charge in [-0.3, -0.25) is 0 Å². The molecule has 0 aromatic carbocycles.